The average molecular weight is 353 g/mol. The van der Waals surface area contributed by atoms with Crippen LogP contribution >= 0.6 is 0 Å². The van der Waals surface area contributed by atoms with Crippen molar-refractivity contribution in [1.82, 2.24) is 30.1 Å². The quantitative estimate of drug-likeness (QED) is 0.705. The number of rotatable bonds is 3. The molecule has 0 unspecified atom stereocenters. The van der Waals surface area contributed by atoms with E-state index in [9.17, 15) is 4.79 Å². The molecule has 0 saturated carbocycles. The van der Waals surface area contributed by atoms with Crippen molar-refractivity contribution in [3.05, 3.63) is 36.5 Å². The molecule has 1 aromatic carbocycles. The predicted molar refractivity (Wildman–Crippen MR) is 95.3 cm³/mol. The Labute approximate surface area is 150 Å². The zero-order chi connectivity index (χ0) is 17.9. The number of carbonyl (C=O) groups excluding carboxylic acids is 1. The van der Waals surface area contributed by atoms with Crippen molar-refractivity contribution in [2.24, 2.45) is 0 Å². The highest BCUT2D eigenvalue weighted by Gasteiger charge is 2.25. The molecule has 3 aromatic rings. The maximum atomic E-state index is 11.8. The molecule has 1 aliphatic rings. The Morgan fingerprint density at radius 1 is 1.12 bits per heavy atom. The normalized spacial score (nSPS) is 14.7. The molecule has 134 valence electrons. The van der Waals surface area contributed by atoms with Crippen LogP contribution in [-0.4, -0.2) is 69.0 Å². The first-order chi connectivity index (χ1) is 12.8. The Bertz CT molecular complexity index is 904. The summed E-state index contributed by atoms with van der Waals surface area (Å²) in [6, 6.07) is 9.79. The van der Waals surface area contributed by atoms with Crippen LogP contribution in [0.2, 0.25) is 0 Å². The molecule has 0 aliphatic carbocycles. The Hall–Kier alpha value is -3.23. The fourth-order valence-electron chi connectivity index (χ4n) is 3.06. The van der Waals surface area contributed by atoms with Crippen LogP contribution in [0.4, 0.5) is 10.6 Å². The summed E-state index contributed by atoms with van der Waals surface area (Å²) >= 11 is 0. The highest BCUT2D eigenvalue weighted by molar-refractivity contribution is 5.87. The molecule has 9 heteroatoms. The van der Waals surface area contributed by atoms with Gasteiger partial charge in [-0.15, -0.1) is 10.2 Å². The van der Waals surface area contributed by atoms with E-state index in [4.69, 9.17) is 4.74 Å². The second kappa shape index (κ2) is 6.95. The molecule has 9 nitrogen and oxygen atoms in total. The van der Waals surface area contributed by atoms with Crippen LogP contribution in [0.3, 0.4) is 0 Å². The van der Waals surface area contributed by atoms with Gasteiger partial charge in [0.15, 0.2) is 11.5 Å². The van der Waals surface area contributed by atoms with Gasteiger partial charge in [0.05, 0.1) is 23.9 Å². The van der Waals surface area contributed by atoms with E-state index in [1.165, 1.54) is 0 Å². The van der Waals surface area contributed by atoms with Gasteiger partial charge in [-0.25, -0.2) is 9.48 Å². The first-order valence-corrected chi connectivity index (χ1v) is 8.57. The molecule has 1 aliphatic heterocycles. The van der Waals surface area contributed by atoms with E-state index < -0.39 is 0 Å². The summed E-state index contributed by atoms with van der Waals surface area (Å²) in [5.74, 6) is 0.737. The van der Waals surface area contributed by atoms with Crippen molar-refractivity contribution in [2.45, 2.75) is 6.92 Å². The summed E-state index contributed by atoms with van der Waals surface area (Å²) in [7, 11) is 0. The van der Waals surface area contributed by atoms with Crippen LogP contribution < -0.4 is 4.90 Å². The van der Waals surface area contributed by atoms with Crippen molar-refractivity contribution < 1.29 is 9.53 Å². The lowest BCUT2D eigenvalue weighted by molar-refractivity contribution is 0.105. The lowest BCUT2D eigenvalue weighted by Crippen LogP contribution is -2.49. The van der Waals surface area contributed by atoms with Gasteiger partial charge in [0.25, 0.3) is 0 Å². The Balaban J connectivity index is 1.59. The number of para-hydroxylation sites is 1. The highest BCUT2D eigenvalue weighted by atomic mass is 16.6. The number of benzene rings is 1. The van der Waals surface area contributed by atoms with Crippen molar-refractivity contribution >= 4 is 22.9 Å². The molecule has 4 rings (SSSR count). The molecule has 1 amide bonds. The highest BCUT2D eigenvalue weighted by Crippen LogP contribution is 2.24. The zero-order valence-electron chi connectivity index (χ0n) is 14.4. The molecule has 1 fully saturated rings. The van der Waals surface area contributed by atoms with Crippen LogP contribution in [0.1, 0.15) is 6.92 Å². The Morgan fingerprint density at radius 3 is 2.62 bits per heavy atom. The third-order valence-corrected chi connectivity index (χ3v) is 4.37. The molecule has 2 aromatic heterocycles. The number of hydrogen-bond acceptors (Lipinski definition) is 7. The molecule has 1 saturated heterocycles. The summed E-state index contributed by atoms with van der Waals surface area (Å²) in [5, 5.41) is 17.6. The van der Waals surface area contributed by atoms with Crippen LogP contribution in [0.15, 0.2) is 36.5 Å². The number of aromatic nitrogens is 5. The zero-order valence-corrected chi connectivity index (χ0v) is 14.4. The average Bonchev–Trinajstić information content (AvgIpc) is 3.13. The molecule has 0 radical (unpaired) electrons. The SMILES string of the molecule is CCOC(=O)N1CCN(c2nnnc3c2cnn3-c2ccccc2)CC1. The van der Waals surface area contributed by atoms with E-state index in [0.717, 1.165) is 16.9 Å². The minimum absolute atomic E-state index is 0.269. The minimum Gasteiger partial charge on any atom is -0.450 e. The molecule has 0 atom stereocenters. The molecule has 0 bridgehead atoms. The number of ether oxygens (including phenoxy) is 1. The van der Waals surface area contributed by atoms with Crippen molar-refractivity contribution in [2.75, 3.05) is 37.7 Å². The van der Waals surface area contributed by atoms with Crippen LogP contribution in [-0.2, 0) is 4.74 Å². The van der Waals surface area contributed by atoms with Crippen molar-refractivity contribution in [1.29, 1.82) is 0 Å². The number of anilines is 1. The lowest BCUT2D eigenvalue weighted by atomic mass is 10.3. The van der Waals surface area contributed by atoms with Gasteiger partial charge < -0.3 is 14.5 Å². The molecule has 3 heterocycles. The van der Waals surface area contributed by atoms with Gasteiger partial charge in [-0.2, -0.15) is 5.10 Å². The van der Waals surface area contributed by atoms with E-state index in [1.807, 2.05) is 37.3 Å². The number of hydrogen-bond donors (Lipinski definition) is 0. The second-order valence-corrected chi connectivity index (χ2v) is 5.92. The Kier molecular flexibility index (Phi) is 4.34. The molecule has 26 heavy (non-hydrogen) atoms. The Morgan fingerprint density at radius 2 is 1.88 bits per heavy atom. The third-order valence-electron chi connectivity index (χ3n) is 4.37. The third kappa shape index (κ3) is 2.92. The summed E-state index contributed by atoms with van der Waals surface area (Å²) in [6.07, 6.45) is 1.49. The molecule has 0 N–H and O–H groups in total. The molecular formula is C17H19N7O2. The maximum absolute atomic E-state index is 11.8. The van der Waals surface area contributed by atoms with Crippen molar-refractivity contribution in [3.8, 4) is 5.69 Å². The van der Waals surface area contributed by atoms with Crippen molar-refractivity contribution in [3.63, 3.8) is 0 Å². The lowest BCUT2D eigenvalue weighted by Gasteiger charge is -2.34. The topological polar surface area (TPSA) is 89.3 Å². The fraction of sp³-hybridized carbons (Fsp3) is 0.353. The largest absolute Gasteiger partial charge is 0.450 e. The number of piperazine rings is 1. The smallest absolute Gasteiger partial charge is 0.409 e. The van der Waals surface area contributed by atoms with Gasteiger partial charge in [-0.05, 0) is 24.3 Å². The van der Waals surface area contributed by atoms with Gasteiger partial charge >= 0.3 is 6.09 Å². The standard InChI is InChI=1S/C17H19N7O2/c1-2-26-17(25)23-10-8-22(9-11-23)15-14-12-18-24(16(14)20-21-19-15)13-6-4-3-5-7-13/h3-7,12H,2,8-11H2,1H3. The molecular weight excluding hydrogens is 334 g/mol. The number of amides is 1. The van der Waals surface area contributed by atoms with E-state index in [1.54, 1.807) is 15.8 Å². The van der Waals surface area contributed by atoms with Crippen LogP contribution in [0.5, 0.6) is 0 Å². The monoisotopic (exact) mass is 353 g/mol. The van der Waals surface area contributed by atoms with E-state index in [2.05, 4.69) is 25.4 Å². The fourth-order valence-corrected chi connectivity index (χ4v) is 3.06. The predicted octanol–water partition coefficient (Wildman–Crippen LogP) is 1.49. The first kappa shape index (κ1) is 16.2. The van der Waals surface area contributed by atoms with Crippen LogP contribution in [0.25, 0.3) is 16.7 Å². The number of carbonyl (C=O) groups is 1. The van der Waals surface area contributed by atoms with Gasteiger partial charge in [0.2, 0.25) is 0 Å². The van der Waals surface area contributed by atoms with E-state index in [-0.39, 0.29) is 6.09 Å². The van der Waals surface area contributed by atoms with E-state index >= 15 is 0 Å². The first-order valence-electron chi connectivity index (χ1n) is 8.57. The van der Waals surface area contributed by atoms with Gasteiger partial charge in [0.1, 0.15) is 0 Å². The summed E-state index contributed by atoms with van der Waals surface area (Å²) < 4.78 is 6.81. The minimum atomic E-state index is -0.269. The number of nitrogens with zero attached hydrogens (tertiary/aromatic N) is 7. The van der Waals surface area contributed by atoms with Gasteiger partial charge in [0, 0.05) is 26.2 Å². The summed E-state index contributed by atoms with van der Waals surface area (Å²) in [6.45, 7) is 4.66. The number of fused-ring (bicyclic) bond motifs is 1. The summed E-state index contributed by atoms with van der Waals surface area (Å²) in [5.41, 5.74) is 1.58. The van der Waals surface area contributed by atoms with E-state index in [0.29, 0.717) is 38.4 Å². The second-order valence-electron chi connectivity index (χ2n) is 5.92. The summed E-state index contributed by atoms with van der Waals surface area (Å²) in [4.78, 5) is 15.7. The van der Waals surface area contributed by atoms with Crippen LogP contribution in [0, 0.1) is 0 Å². The maximum Gasteiger partial charge on any atom is 0.409 e. The van der Waals surface area contributed by atoms with Gasteiger partial charge in [-0.3, -0.25) is 0 Å². The van der Waals surface area contributed by atoms with Gasteiger partial charge in [-0.1, -0.05) is 18.2 Å². The molecule has 0 spiro atoms.